The first-order valence-electron chi connectivity index (χ1n) is 7.78. The van der Waals surface area contributed by atoms with Gasteiger partial charge in [-0.15, -0.1) is 11.8 Å². The predicted octanol–water partition coefficient (Wildman–Crippen LogP) is 0.632. The molecule has 4 heterocycles. The number of fused-ring (bicyclic) bond motifs is 2. The molecule has 0 spiro atoms. The summed E-state index contributed by atoms with van der Waals surface area (Å²) in [5, 5.41) is 14.3. The lowest BCUT2D eigenvalue weighted by molar-refractivity contribution is -0.162. The number of nitrogens with zero attached hydrogens (tertiary/aromatic N) is 3. The zero-order valence-corrected chi connectivity index (χ0v) is 16.2. The predicted molar refractivity (Wildman–Crippen MR) is 92.6 cm³/mol. The second-order valence-corrected chi connectivity index (χ2v) is 8.31. The minimum Gasteiger partial charge on any atom is -0.477 e. The fourth-order valence-corrected chi connectivity index (χ4v) is 5.49. The van der Waals surface area contributed by atoms with E-state index in [0.717, 1.165) is 16.7 Å². The van der Waals surface area contributed by atoms with Crippen LogP contribution in [-0.2, 0) is 30.4 Å². The van der Waals surface area contributed by atoms with Crippen LogP contribution in [0.5, 0.6) is 0 Å². The lowest BCUT2D eigenvalue weighted by Crippen LogP contribution is -2.70. The molecule has 27 heavy (non-hydrogen) atoms. The van der Waals surface area contributed by atoms with Gasteiger partial charge in [0.25, 0.3) is 5.91 Å². The third kappa shape index (κ3) is 2.50. The van der Waals surface area contributed by atoms with E-state index >= 15 is 0 Å². The largest absolute Gasteiger partial charge is 0.477 e. The third-order valence-corrected chi connectivity index (χ3v) is 7.10. The number of carbonyl (C=O) groups is 4. The first-order chi connectivity index (χ1) is 12.7. The minimum absolute atomic E-state index is 0.139. The average molecular weight is 458 g/mol. The van der Waals surface area contributed by atoms with Crippen molar-refractivity contribution in [1.29, 1.82) is 0 Å². The summed E-state index contributed by atoms with van der Waals surface area (Å²) in [6, 6.07) is 1.42. The van der Waals surface area contributed by atoms with Gasteiger partial charge in [0.2, 0.25) is 0 Å². The van der Waals surface area contributed by atoms with Crippen molar-refractivity contribution in [1.82, 2.24) is 14.7 Å². The van der Waals surface area contributed by atoms with Gasteiger partial charge in [0.1, 0.15) is 29.1 Å². The molecule has 1 saturated heterocycles. The fraction of sp³-hybridized carbons (Fsp3) is 0.400. The number of β-lactam (4-membered cyclic amide) rings is 1. The number of rotatable bonds is 4. The number of carbonyl (C=O) groups excluding carboxylic acids is 3. The van der Waals surface area contributed by atoms with Gasteiger partial charge in [0.05, 0.1) is 6.54 Å². The molecule has 1 N–H and O–H groups in total. The van der Waals surface area contributed by atoms with Gasteiger partial charge in [-0.3, -0.25) is 19.2 Å². The van der Waals surface area contributed by atoms with E-state index < -0.39 is 39.6 Å². The van der Waals surface area contributed by atoms with Gasteiger partial charge in [-0.2, -0.15) is 5.10 Å². The van der Waals surface area contributed by atoms with Gasteiger partial charge >= 0.3 is 17.9 Å². The number of alkyl halides is 1. The summed E-state index contributed by atoms with van der Waals surface area (Å²) in [4.78, 5) is 48.8. The van der Waals surface area contributed by atoms with Crippen LogP contribution in [0.3, 0.4) is 0 Å². The summed E-state index contributed by atoms with van der Waals surface area (Å²) < 4.78 is 10.4. The molecule has 3 atom stereocenters. The number of halogens is 1. The molecule has 0 saturated carbocycles. The molecule has 2 unspecified atom stereocenters. The molecule has 0 radical (unpaired) electrons. The summed E-state index contributed by atoms with van der Waals surface area (Å²) in [5.41, 5.74) is 0.254. The zero-order valence-electron chi connectivity index (χ0n) is 13.7. The van der Waals surface area contributed by atoms with Crippen molar-refractivity contribution in [2.75, 3.05) is 6.61 Å². The van der Waals surface area contributed by atoms with Crippen LogP contribution < -0.4 is 0 Å². The third-order valence-electron chi connectivity index (χ3n) is 4.41. The summed E-state index contributed by atoms with van der Waals surface area (Å²) >= 11 is 4.50. The number of amides is 1. The highest BCUT2D eigenvalue weighted by molar-refractivity contribution is 9.10. The number of esters is 2. The Morgan fingerprint density at radius 1 is 1.52 bits per heavy atom. The van der Waals surface area contributed by atoms with Crippen molar-refractivity contribution < 1.29 is 33.8 Å². The number of cyclic esters (lactones) is 1. The molecule has 0 bridgehead atoms. The number of carboxylic acids is 1. The smallest absolute Gasteiger partial charge is 0.356 e. The lowest BCUT2D eigenvalue weighted by atomic mass is 9.88. The van der Waals surface area contributed by atoms with Crippen LogP contribution in [0.2, 0.25) is 0 Å². The monoisotopic (exact) mass is 457 g/mol. The number of ether oxygens (including phenoxy) is 2. The first kappa shape index (κ1) is 18.0. The molecule has 12 heteroatoms. The molecule has 3 aliphatic heterocycles. The maximum absolute atomic E-state index is 12.8. The standard InChI is InChI=1S/C15H12BrN3O7S/c1-6(20)26-10(7-4-8-12(23)25-3-2-18(8)17-7)15(16)13(24)19-9(11(21)22)5-27-14(15)19/h4-5,10,14H,2-3H2,1H3,(H,21,22)/t10?,14-,15?/m1/s1. The highest BCUT2D eigenvalue weighted by Crippen LogP contribution is 2.57. The molecule has 1 aromatic rings. The molecule has 4 rings (SSSR count). The van der Waals surface area contributed by atoms with Crippen molar-refractivity contribution in [2.24, 2.45) is 0 Å². The molecule has 10 nitrogen and oxygen atoms in total. The normalized spacial score (nSPS) is 27.1. The maximum atomic E-state index is 12.8. The molecule has 1 fully saturated rings. The second kappa shape index (κ2) is 6.09. The van der Waals surface area contributed by atoms with E-state index in [1.165, 1.54) is 23.1 Å². The van der Waals surface area contributed by atoms with E-state index in [0.29, 0.717) is 6.54 Å². The van der Waals surface area contributed by atoms with Gasteiger partial charge in [-0.25, -0.2) is 9.59 Å². The highest BCUT2D eigenvalue weighted by atomic mass is 79.9. The van der Waals surface area contributed by atoms with E-state index in [2.05, 4.69) is 21.0 Å². The Morgan fingerprint density at radius 3 is 2.89 bits per heavy atom. The van der Waals surface area contributed by atoms with Gasteiger partial charge in [0, 0.05) is 12.3 Å². The van der Waals surface area contributed by atoms with Gasteiger partial charge in [-0.05, 0) is 6.07 Å². The molecular weight excluding hydrogens is 446 g/mol. The Kier molecular flexibility index (Phi) is 4.07. The molecule has 3 aliphatic rings. The summed E-state index contributed by atoms with van der Waals surface area (Å²) in [6.45, 7) is 1.70. The summed E-state index contributed by atoms with van der Waals surface area (Å²) in [5.74, 6) is -2.99. The van der Waals surface area contributed by atoms with E-state index in [-0.39, 0.29) is 23.7 Å². The Balaban J connectivity index is 1.72. The van der Waals surface area contributed by atoms with Crippen molar-refractivity contribution in [3.63, 3.8) is 0 Å². The van der Waals surface area contributed by atoms with Gasteiger partial charge in [0.15, 0.2) is 10.4 Å². The number of thioether (sulfide) groups is 1. The van der Waals surface area contributed by atoms with Crippen LogP contribution in [0, 0.1) is 0 Å². The molecule has 1 aromatic heterocycles. The number of hydrogen-bond donors (Lipinski definition) is 1. The van der Waals surface area contributed by atoms with E-state index in [4.69, 9.17) is 9.47 Å². The minimum atomic E-state index is -1.41. The number of hydrogen-bond acceptors (Lipinski definition) is 8. The van der Waals surface area contributed by atoms with Crippen LogP contribution in [-0.4, -0.2) is 59.9 Å². The molecular formula is C15H12BrN3O7S. The van der Waals surface area contributed by atoms with E-state index in [1.54, 1.807) is 0 Å². The number of carboxylic acid groups (broad SMARTS) is 1. The molecule has 142 valence electrons. The lowest BCUT2D eigenvalue weighted by Gasteiger charge is -2.51. The van der Waals surface area contributed by atoms with Crippen molar-refractivity contribution >= 4 is 51.5 Å². The van der Waals surface area contributed by atoms with Crippen molar-refractivity contribution in [3.8, 4) is 0 Å². The highest BCUT2D eigenvalue weighted by Gasteiger charge is 2.69. The van der Waals surface area contributed by atoms with Crippen LogP contribution in [0.1, 0.15) is 29.2 Å². The molecule has 0 aromatic carbocycles. The number of aromatic nitrogens is 2. The van der Waals surface area contributed by atoms with Crippen LogP contribution in [0.4, 0.5) is 0 Å². The van der Waals surface area contributed by atoms with Crippen molar-refractivity contribution in [2.45, 2.75) is 29.3 Å². The topological polar surface area (TPSA) is 128 Å². The second-order valence-electron chi connectivity index (χ2n) is 6.04. The van der Waals surface area contributed by atoms with Crippen molar-refractivity contribution in [3.05, 3.63) is 28.6 Å². The Labute approximate surface area is 164 Å². The van der Waals surface area contributed by atoms with E-state index in [1.807, 2.05) is 0 Å². The Hall–Kier alpha value is -2.34. The fourth-order valence-electron chi connectivity index (χ4n) is 3.22. The summed E-state index contributed by atoms with van der Waals surface area (Å²) in [6.07, 6.45) is -1.15. The van der Waals surface area contributed by atoms with Gasteiger partial charge < -0.3 is 14.6 Å². The van der Waals surface area contributed by atoms with E-state index in [9.17, 15) is 24.3 Å². The zero-order chi connectivity index (χ0) is 19.5. The maximum Gasteiger partial charge on any atom is 0.356 e. The van der Waals surface area contributed by atoms with Crippen LogP contribution in [0.15, 0.2) is 17.2 Å². The van der Waals surface area contributed by atoms with Crippen LogP contribution in [0.25, 0.3) is 0 Å². The average Bonchev–Trinajstić information content (AvgIpc) is 3.22. The Morgan fingerprint density at radius 2 is 2.26 bits per heavy atom. The Bertz CT molecular complexity index is 929. The molecule has 1 amide bonds. The van der Waals surface area contributed by atoms with Gasteiger partial charge in [-0.1, -0.05) is 15.9 Å². The molecule has 0 aliphatic carbocycles. The quantitative estimate of drug-likeness (QED) is 0.393. The summed E-state index contributed by atoms with van der Waals surface area (Å²) in [7, 11) is 0. The first-order valence-corrected chi connectivity index (χ1v) is 9.52. The number of aliphatic carboxylic acids is 1. The SMILES string of the molecule is CC(=O)OC(c1cc2n(n1)CCOC2=O)C1(Br)C(=O)N2C(C(=O)O)=CS[C@@H]21. The van der Waals surface area contributed by atoms with Crippen LogP contribution >= 0.6 is 27.7 Å².